The number of anilines is 1. The number of sulfonamides is 1. The number of likely N-dealkylation sites (tertiary alicyclic amines) is 1. The summed E-state index contributed by atoms with van der Waals surface area (Å²) in [4.78, 5) is 38.3. The van der Waals surface area contributed by atoms with E-state index in [-0.39, 0.29) is 41.5 Å². The van der Waals surface area contributed by atoms with Crippen molar-refractivity contribution in [1.82, 2.24) is 24.5 Å². The summed E-state index contributed by atoms with van der Waals surface area (Å²) in [5.41, 5.74) is 5.98. The quantitative estimate of drug-likeness (QED) is 0.0657. The zero-order valence-corrected chi connectivity index (χ0v) is 38.8. The molecule has 0 radical (unpaired) electrons. The number of alkyl halides is 1. The third-order valence-corrected chi connectivity index (χ3v) is 15.2. The number of hydrogen-bond donors (Lipinski definition) is 2. The molecule has 2 aromatic heterocycles. The van der Waals surface area contributed by atoms with Gasteiger partial charge in [0.05, 0.1) is 28.2 Å². The summed E-state index contributed by atoms with van der Waals surface area (Å²) in [6.45, 7) is 8.49. The van der Waals surface area contributed by atoms with Gasteiger partial charge in [0.2, 0.25) is 0 Å². The maximum atomic E-state index is 16.4. The highest BCUT2D eigenvalue weighted by molar-refractivity contribution is 7.90. The normalized spacial score (nSPS) is 20.1. The predicted molar refractivity (Wildman–Crippen MR) is 253 cm³/mol. The molecular weight excluding hydrogens is 885 g/mol. The van der Waals surface area contributed by atoms with E-state index in [1.165, 1.54) is 47.0 Å². The van der Waals surface area contributed by atoms with Gasteiger partial charge < -0.3 is 19.4 Å². The third kappa shape index (κ3) is 9.61. The van der Waals surface area contributed by atoms with Crippen molar-refractivity contribution >= 4 is 61.1 Å². The van der Waals surface area contributed by atoms with Crippen LogP contribution >= 0.6 is 11.6 Å². The molecule has 2 saturated heterocycles. The first-order valence-corrected chi connectivity index (χ1v) is 24.2. The first-order valence-electron chi connectivity index (χ1n) is 22.3. The number of carbonyl (C=O) groups is 1. The minimum atomic E-state index is -4.69. The second-order valence-corrected chi connectivity index (χ2v) is 20.6. The molecule has 3 aliphatic heterocycles. The van der Waals surface area contributed by atoms with E-state index >= 15 is 4.39 Å². The molecular formula is C49H53ClFN7O7S. The van der Waals surface area contributed by atoms with E-state index in [0.717, 1.165) is 73.8 Å². The van der Waals surface area contributed by atoms with Crippen molar-refractivity contribution in [1.29, 1.82) is 0 Å². The van der Waals surface area contributed by atoms with Crippen molar-refractivity contribution in [2.24, 2.45) is 5.41 Å². The number of hydrogen-bond acceptors (Lipinski definition) is 11. The molecule has 1 aliphatic carbocycles. The number of nitrogens with one attached hydrogen (secondary N) is 2. The standard InChI is InChI=1S/C49H53ClFN7O7S/c1-48(2)17-12-36(41(29-48)33-4-7-37(50)8-5-33)31-56-21-14-32(15-22-56)34-6-10-40(44(27-34)65-38-26-35-13-20-52-46(35)53-30-38)47(59)54-66(62,63)39-9-11-42(43(28-39)58(60)61)55(3)49(51)18-23-57(24-19-49)45-16-25-64-45/h4-11,13-14,20,26-28,30,45H,12,15-19,21-25,29,31H2,1-3H3,(H,52,53)(H,54,59). The second-order valence-electron chi connectivity index (χ2n) is 18.5. The highest BCUT2D eigenvalue weighted by Crippen LogP contribution is 2.44. The highest BCUT2D eigenvalue weighted by Gasteiger charge is 2.43. The van der Waals surface area contributed by atoms with Gasteiger partial charge in [0.1, 0.15) is 29.1 Å². The first-order chi connectivity index (χ1) is 31.5. The fourth-order valence-corrected chi connectivity index (χ4v) is 10.6. The van der Waals surface area contributed by atoms with E-state index in [9.17, 15) is 23.3 Å². The molecule has 1 atom stereocenters. The van der Waals surface area contributed by atoms with Gasteiger partial charge in [0.15, 0.2) is 5.79 Å². The SMILES string of the molecule is CN(c1ccc(S(=O)(=O)NC(=O)c2ccc(C3=CCN(CC4=C(c5ccc(Cl)cc5)CC(C)(C)CC4)CC3)cc2Oc2cnc3[nH]ccc3c2)cc1[N+](=O)[O-])C1(F)CCN(C2CCO2)CC1. The van der Waals surface area contributed by atoms with Crippen molar-refractivity contribution in [3.8, 4) is 11.5 Å². The molecule has 2 fully saturated rings. The van der Waals surface area contributed by atoms with Crippen molar-refractivity contribution in [2.45, 2.75) is 75.7 Å². The molecule has 0 spiro atoms. The summed E-state index contributed by atoms with van der Waals surface area (Å²) < 4.78 is 58.1. The zero-order chi connectivity index (χ0) is 46.4. The van der Waals surface area contributed by atoms with Gasteiger partial charge in [0.25, 0.3) is 21.6 Å². The van der Waals surface area contributed by atoms with E-state index in [1.807, 2.05) is 18.2 Å². The third-order valence-electron chi connectivity index (χ3n) is 13.6. The summed E-state index contributed by atoms with van der Waals surface area (Å²) in [5, 5.41) is 13.9. The average molecular weight is 939 g/mol. The number of pyridine rings is 1. The Bertz CT molecular complexity index is 2850. The molecule has 17 heteroatoms. The van der Waals surface area contributed by atoms with Crippen LogP contribution in [0.1, 0.15) is 80.3 Å². The van der Waals surface area contributed by atoms with E-state index < -0.39 is 37.2 Å². The Morgan fingerprint density at radius 2 is 1.80 bits per heavy atom. The molecule has 346 valence electrons. The van der Waals surface area contributed by atoms with Crippen LogP contribution in [0.25, 0.3) is 22.2 Å². The number of halogens is 2. The lowest BCUT2D eigenvalue weighted by atomic mass is 9.72. The number of carbonyl (C=O) groups excluding carboxylic acids is 1. The Morgan fingerprint density at radius 1 is 1.05 bits per heavy atom. The molecule has 0 saturated carbocycles. The molecule has 5 heterocycles. The monoisotopic (exact) mass is 937 g/mol. The summed E-state index contributed by atoms with van der Waals surface area (Å²) in [6.07, 6.45) is 10.3. The number of H-pyrrole nitrogens is 1. The number of aromatic nitrogens is 2. The molecule has 0 bridgehead atoms. The number of ether oxygens (including phenoxy) is 2. The number of piperidine rings is 1. The lowest BCUT2D eigenvalue weighted by Crippen LogP contribution is -2.56. The van der Waals surface area contributed by atoms with Crippen LogP contribution < -0.4 is 14.4 Å². The van der Waals surface area contributed by atoms with Crippen LogP contribution in [0, 0.1) is 15.5 Å². The maximum Gasteiger partial charge on any atom is 0.293 e. The van der Waals surface area contributed by atoms with Crippen LogP contribution in [0.3, 0.4) is 0 Å². The number of fused-ring (bicyclic) bond motifs is 1. The Labute approximate surface area is 388 Å². The number of rotatable bonds is 13. The van der Waals surface area contributed by atoms with E-state index in [1.54, 1.807) is 24.4 Å². The van der Waals surface area contributed by atoms with Gasteiger partial charge in [-0.15, -0.1) is 0 Å². The lowest BCUT2D eigenvalue weighted by molar-refractivity contribution is -0.384. The Hall–Kier alpha value is -5.65. The fourth-order valence-electron chi connectivity index (χ4n) is 9.50. The van der Waals surface area contributed by atoms with Gasteiger partial charge in [0, 0.05) is 81.7 Å². The van der Waals surface area contributed by atoms with E-state index in [0.29, 0.717) is 42.7 Å². The molecule has 4 aliphatic rings. The number of allylic oxidation sites excluding steroid dienone is 1. The molecule has 1 unspecified atom stereocenters. The van der Waals surface area contributed by atoms with Crippen molar-refractivity contribution in [3.63, 3.8) is 0 Å². The van der Waals surface area contributed by atoms with E-state index in [4.69, 9.17) is 21.1 Å². The zero-order valence-electron chi connectivity index (χ0n) is 37.2. The van der Waals surface area contributed by atoms with Gasteiger partial charge >= 0.3 is 0 Å². The van der Waals surface area contributed by atoms with Gasteiger partial charge in [-0.3, -0.25) is 24.7 Å². The number of aromatic amines is 1. The van der Waals surface area contributed by atoms with Crippen LogP contribution in [0.2, 0.25) is 5.02 Å². The largest absolute Gasteiger partial charge is 0.455 e. The van der Waals surface area contributed by atoms with Gasteiger partial charge in [-0.05, 0) is 102 Å². The maximum absolute atomic E-state index is 16.4. The van der Waals surface area contributed by atoms with Crippen molar-refractivity contribution in [2.75, 3.05) is 51.3 Å². The summed E-state index contributed by atoms with van der Waals surface area (Å²) >= 11 is 6.24. The van der Waals surface area contributed by atoms with Gasteiger partial charge in [-0.25, -0.2) is 22.5 Å². The van der Waals surface area contributed by atoms with Gasteiger partial charge in [-0.2, -0.15) is 0 Å². The number of amides is 1. The fraction of sp³-hybridized carbons (Fsp3) is 0.388. The van der Waals surface area contributed by atoms with Crippen molar-refractivity contribution < 1.29 is 32.0 Å². The molecule has 14 nitrogen and oxygen atoms in total. The minimum absolute atomic E-state index is 0.0413. The summed E-state index contributed by atoms with van der Waals surface area (Å²) in [6, 6.07) is 19.9. The predicted octanol–water partition coefficient (Wildman–Crippen LogP) is 9.73. The number of nitrogens with zero attached hydrogens (tertiary/aromatic N) is 5. The highest BCUT2D eigenvalue weighted by atomic mass is 35.5. The second kappa shape index (κ2) is 18.2. The topological polar surface area (TPSA) is 163 Å². The van der Waals surface area contributed by atoms with Crippen molar-refractivity contribution in [3.05, 3.63) is 129 Å². The minimum Gasteiger partial charge on any atom is -0.455 e. The van der Waals surface area contributed by atoms with Crippen LogP contribution in [-0.4, -0.2) is 97.4 Å². The molecule has 66 heavy (non-hydrogen) atoms. The molecule has 3 aromatic carbocycles. The Kier molecular flexibility index (Phi) is 12.6. The smallest absolute Gasteiger partial charge is 0.293 e. The van der Waals surface area contributed by atoms with Crippen LogP contribution in [0.4, 0.5) is 15.8 Å². The molecule has 2 N–H and O–H groups in total. The molecule has 5 aromatic rings. The summed E-state index contributed by atoms with van der Waals surface area (Å²) in [7, 11) is -3.26. The van der Waals surface area contributed by atoms with Crippen LogP contribution in [0.5, 0.6) is 11.5 Å². The first kappa shape index (κ1) is 45.5. The average Bonchev–Trinajstić information content (AvgIpc) is 3.75. The van der Waals surface area contributed by atoms with Gasteiger partial charge in [-0.1, -0.05) is 55.3 Å². The summed E-state index contributed by atoms with van der Waals surface area (Å²) in [5.74, 6) is -2.51. The molecule has 9 rings (SSSR count). The van der Waals surface area contributed by atoms with Crippen LogP contribution in [-0.2, 0) is 14.8 Å². The van der Waals surface area contributed by atoms with Crippen LogP contribution in [0.15, 0.2) is 102 Å². The Balaban J connectivity index is 0.950. The molecule has 1 amide bonds. The number of nitro groups is 1. The Morgan fingerprint density at radius 3 is 2.50 bits per heavy atom. The van der Waals surface area contributed by atoms with E-state index in [2.05, 4.69) is 56.5 Å². The number of benzene rings is 3. The lowest BCUT2D eigenvalue weighted by Gasteiger charge is -2.46. The number of nitro benzene ring substituents is 1.